The van der Waals surface area contributed by atoms with Crippen LogP contribution in [0.4, 0.5) is 4.39 Å². The van der Waals surface area contributed by atoms with E-state index in [4.69, 9.17) is 4.74 Å². The minimum atomic E-state index is -0.755. The molecule has 0 unspecified atom stereocenters. The Morgan fingerprint density at radius 3 is 1.61 bits per heavy atom. The van der Waals surface area contributed by atoms with Crippen LogP contribution in [0.15, 0.2) is 91.0 Å². The van der Waals surface area contributed by atoms with Crippen LogP contribution >= 0.6 is 0 Å². The molecule has 140 valence electrons. The summed E-state index contributed by atoms with van der Waals surface area (Å²) in [6, 6.07) is 30.3. The van der Waals surface area contributed by atoms with Crippen molar-refractivity contribution in [3.8, 4) is 0 Å². The molecule has 0 aliphatic rings. The minimum Gasteiger partial charge on any atom is -0.378 e. The lowest BCUT2D eigenvalue weighted by atomic mass is 9.66. The van der Waals surface area contributed by atoms with Crippen molar-refractivity contribution in [1.82, 2.24) is 9.97 Å². The standard InChI is InChI=1S/C24H21FN2O/c1-28-17-21-22(27-23(25)26-21)24(18-11-5-2-6-12-18,19-13-7-3-8-14-19)20-15-9-4-10-16-20/h2-16H,17H2,1H3,(H,26,27). The SMILES string of the molecule is COCc1nc(F)[nH]c1C(c1ccccc1)(c1ccccc1)c1ccccc1. The number of nitrogens with one attached hydrogen (secondary N) is 1. The van der Waals surface area contributed by atoms with Gasteiger partial charge in [-0.3, -0.25) is 0 Å². The number of benzene rings is 3. The van der Waals surface area contributed by atoms with Gasteiger partial charge in [0.2, 0.25) is 0 Å². The first kappa shape index (κ1) is 18.1. The van der Waals surface area contributed by atoms with E-state index in [2.05, 4.69) is 46.4 Å². The van der Waals surface area contributed by atoms with E-state index in [0.29, 0.717) is 11.4 Å². The summed E-state index contributed by atoms with van der Waals surface area (Å²) >= 11 is 0. The number of methoxy groups -OCH3 is 1. The van der Waals surface area contributed by atoms with Gasteiger partial charge >= 0.3 is 0 Å². The minimum absolute atomic E-state index is 0.212. The van der Waals surface area contributed by atoms with Crippen molar-refractivity contribution in [3.63, 3.8) is 0 Å². The van der Waals surface area contributed by atoms with E-state index in [0.717, 1.165) is 16.7 Å². The first-order chi connectivity index (χ1) is 13.8. The highest BCUT2D eigenvalue weighted by Gasteiger charge is 2.42. The normalized spacial score (nSPS) is 11.5. The second-order valence-electron chi connectivity index (χ2n) is 6.63. The average Bonchev–Trinajstić information content (AvgIpc) is 3.12. The van der Waals surface area contributed by atoms with Crippen LogP contribution in [0.25, 0.3) is 0 Å². The van der Waals surface area contributed by atoms with E-state index in [1.165, 1.54) is 0 Å². The Morgan fingerprint density at radius 2 is 1.21 bits per heavy atom. The molecule has 0 amide bonds. The molecule has 1 N–H and O–H groups in total. The number of nitrogens with zero attached hydrogens (tertiary/aromatic N) is 1. The largest absolute Gasteiger partial charge is 0.378 e. The van der Waals surface area contributed by atoms with Gasteiger partial charge in [0, 0.05) is 7.11 Å². The Bertz CT molecular complexity index is 934. The molecule has 0 atom stereocenters. The molecule has 0 saturated heterocycles. The maximum Gasteiger partial charge on any atom is 0.287 e. The molecule has 4 heteroatoms. The molecule has 3 aromatic carbocycles. The number of hydrogen-bond donors (Lipinski definition) is 1. The predicted molar refractivity (Wildman–Crippen MR) is 108 cm³/mol. The fourth-order valence-corrected chi connectivity index (χ4v) is 3.93. The number of rotatable bonds is 6. The third-order valence-electron chi connectivity index (χ3n) is 5.03. The van der Waals surface area contributed by atoms with Gasteiger partial charge in [0.15, 0.2) is 0 Å². The van der Waals surface area contributed by atoms with Gasteiger partial charge in [0.1, 0.15) is 0 Å². The van der Waals surface area contributed by atoms with Gasteiger partial charge in [-0.2, -0.15) is 4.39 Å². The van der Waals surface area contributed by atoms with Gasteiger partial charge in [-0.1, -0.05) is 91.0 Å². The fraction of sp³-hybridized carbons (Fsp3) is 0.125. The summed E-state index contributed by atoms with van der Waals surface area (Å²) < 4.78 is 19.7. The molecule has 1 heterocycles. The van der Waals surface area contributed by atoms with Crippen LogP contribution in [0.5, 0.6) is 0 Å². The van der Waals surface area contributed by atoms with E-state index < -0.39 is 11.5 Å². The molecular weight excluding hydrogens is 351 g/mol. The van der Waals surface area contributed by atoms with Crippen molar-refractivity contribution in [3.05, 3.63) is 125 Å². The molecule has 0 fully saturated rings. The molecule has 4 rings (SSSR count). The van der Waals surface area contributed by atoms with Crippen LogP contribution < -0.4 is 0 Å². The van der Waals surface area contributed by atoms with Crippen LogP contribution in [-0.4, -0.2) is 17.1 Å². The Hall–Kier alpha value is -3.24. The maximum atomic E-state index is 14.4. The summed E-state index contributed by atoms with van der Waals surface area (Å²) in [5.74, 6) is 0. The van der Waals surface area contributed by atoms with Crippen LogP contribution in [0, 0.1) is 6.08 Å². The lowest BCUT2D eigenvalue weighted by molar-refractivity contribution is 0.180. The molecule has 3 nitrogen and oxygen atoms in total. The number of halogens is 1. The van der Waals surface area contributed by atoms with Crippen molar-refractivity contribution in [2.45, 2.75) is 12.0 Å². The van der Waals surface area contributed by atoms with Gasteiger partial charge in [0.05, 0.1) is 23.4 Å². The summed E-state index contributed by atoms with van der Waals surface area (Å²) in [6.45, 7) is 0.212. The lowest BCUT2D eigenvalue weighted by Crippen LogP contribution is -2.32. The Morgan fingerprint density at radius 1 is 0.786 bits per heavy atom. The summed E-state index contributed by atoms with van der Waals surface area (Å²) in [5, 5.41) is 0. The molecule has 0 spiro atoms. The van der Waals surface area contributed by atoms with Crippen LogP contribution in [0.3, 0.4) is 0 Å². The summed E-state index contributed by atoms with van der Waals surface area (Å²) in [5.41, 5.74) is 3.54. The second kappa shape index (κ2) is 7.79. The number of hydrogen-bond acceptors (Lipinski definition) is 2. The molecule has 28 heavy (non-hydrogen) atoms. The van der Waals surface area contributed by atoms with E-state index >= 15 is 0 Å². The smallest absolute Gasteiger partial charge is 0.287 e. The molecule has 0 aliphatic heterocycles. The molecular formula is C24H21FN2O. The highest BCUT2D eigenvalue weighted by molar-refractivity contribution is 5.58. The monoisotopic (exact) mass is 372 g/mol. The summed E-state index contributed by atoms with van der Waals surface area (Å²) in [7, 11) is 1.59. The van der Waals surface area contributed by atoms with Crippen LogP contribution in [0.1, 0.15) is 28.1 Å². The van der Waals surface area contributed by atoms with Gasteiger partial charge in [0.25, 0.3) is 6.08 Å². The van der Waals surface area contributed by atoms with E-state index in [1.54, 1.807) is 7.11 Å². The highest BCUT2D eigenvalue weighted by Crippen LogP contribution is 2.45. The molecule has 0 saturated carbocycles. The summed E-state index contributed by atoms with van der Waals surface area (Å²) in [6.07, 6.45) is -0.616. The second-order valence-corrected chi connectivity index (χ2v) is 6.63. The Labute approximate surface area is 163 Å². The number of ether oxygens (including phenoxy) is 1. The van der Waals surface area contributed by atoms with Gasteiger partial charge in [-0.15, -0.1) is 0 Å². The zero-order valence-corrected chi connectivity index (χ0v) is 15.6. The zero-order chi connectivity index (χ0) is 19.4. The zero-order valence-electron chi connectivity index (χ0n) is 15.6. The topological polar surface area (TPSA) is 37.9 Å². The van der Waals surface area contributed by atoms with Crippen LogP contribution in [0.2, 0.25) is 0 Å². The third kappa shape index (κ3) is 3.02. The van der Waals surface area contributed by atoms with Gasteiger partial charge in [-0.25, -0.2) is 4.98 Å². The van der Waals surface area contributed by atoms with Gasteiger partial charge < -0.3 is 9.72 Å². The van der Waals surface area contributed by atoms with Crippen molar-refractivity contribution < 1.29 is 9.13 Å². The number of H-pyrrole nitrogens is 1. The number of aromatic amines is 1. The molecule has 1 aromatic heterocycles. The van der Waals surface area contributed by atoms with E-state index in [1.807, 2.05) is 54.6 Å². The van der Waals surface area contributed by atoms with Crippen molar-refractivity contribution in [2.75, 3.05) is 7.11 Å². The van der Waals surface area contributed by atoms with Gasteiger partial charge in [-0.05, 0) is 16.7 Å². The lowest BCUT2D eigenvalue weighted by Gasteiger charge is -2.36. The predicted octanol–water partition coefficient (Wildman–Crippen LogP) is 5.08. The average molecular weight is 372 g/mol. The molecule has 0 aliphatic carbocycles. The first-order valence-electron chi connectivity index (χ1n) is 9.17. The molecule has 0 radical (unpaired) electrons. The quantitative estimate of drug-likeness (QED) is 0.480. The fourth-order valence-electron chi connectivity index (χ4n) is 3.93. The highest BCUT2D eigenvalue weighted by atomic mass is 19.1. The summed E-state index contributed by atoms with van der Waals surface area (Å²) in [4.78, 5) is 7.00. The Balaban J connectivity index is 2.14. The Kier molecular flexibility index (Phi) is 5.04. The van der Waals surface area contributed by atoms with Crippen molar-refractivity contribution in [2.24, 2.45) is 0 Å². The first-order valence-corrected chi connectivity index (χ1v) is 9.17. The van der Waals surface area contributed by atoms with Crippen LogP contribution in [-0.2, 0) is 16.8 Å². The van der Waals surface area contributed by atoms with Crippen molar-refractivity contribution >= 4 is 0 Å². The third-order valence-corrected chi connectivity index (χ3v) is 5.03. The number of imidazole rings is 1. The van der Waals surface area contributed by atoms with E-state index in [-0.39, 0.29) is 6.61 Å². The molecule has 0 bridgehead atoms. The molecule has 4 aromatic rings. The number of aromatic nitrogens is 2. The van der Waals surface area contributed by atoms with Crippen molar-refractivity contribution in [1.29, 1.82) is 0 Å². The maximum absolute atomic E-state index is 14.4. The van der Waals surface area contributed by atoms with E-state index in [9.17, 15) is 4.39 Å².